The highest BCUT2D eigenvalue weighted by molar-refractivity contribution is 5.17. The first-order valence-electron chi connectivity index (χ1n) is 5.58. The number of hydrogen-bond donors (Lipinski definition) is 2. The first-order valence-corrected chi connectivity index (χ1v) is 5.58. The van der Waals surface area contributed by atoms with Gasteiger partial charge in [0, 0.05) is 20.8 Å². The quantitative estimate of drug-likeness (QED) is 0.644. The average molecular weight is 244 g/mol. The summed E-state index contributed by atoms with van der Waals surface area (Å²) in [4.78, 5) is 0. The minimum atomic E-state index is -0.0379. The molecular weight excluding hydrogens is 224 g/mol. The number of methoxy groups -OCH3 is 2. The van der Waals surface area contributed by atoms with Gasteiger partial charge in [-0.25, -0.2) is 0 Å². The number of ether oxygens (including phenoxy) is 2. The van der Waals surface area contributed by atoms with Gasteiger partial charge in [-0.15, -0.1) is 5.10 Å². The molecule has 17 heavy (non-hydrogen) atoms. The Morgan fingerprint density at radius 2 is 2.18 bits per heavy atom. The van der Waals surface area contributed by atoms with Crippen LogP contribution in [0.4, 0.5) is 6.01 Å². The molecule has 0 saturated carbocycles. The lowest BCUT2D eigenvalue weighted by Gasteiger charge is -2.13. The highest BCUT2D eigenvalue weighted by Gasteiger charge is 2.09. The highest BCUT2D eigenvalue weighted by Crippen LogP contribution is 2.05. The molecule has 7 heteroatoms. The Bertz CT molecular complexity index is 305. The van der Waals surface area contributed by atoms with Crippen LogP contribution >= 0.6 is 0 Å². The van der Waals surface area contributed by atoms with Crippen LogP contribution in [-0.2, 0) is 16.0 Å². The molecule has 1 rings (SSSR count). The Morgan fingerprint density at radius 3 is 2.82 bits per heavy atom. The molecule has 98 valence electrons. The minimum absolute atomic E-state index is 0.0379. The normalized spacial score (nSPS) is 12.6. The minimum Gasteiger partial charge on any atom is -0.407 e. The lowest BCUT2D eigenvalue weighted by molar-refractivity contribution is 0.0363. The summed E-state index contributed by atoms with van der Waals surface area (Å²) in [6, 6.07) is 0.399. The number of rotatable bonds is 9. The Labute approximate surface area is 101 Å². The van der Waals surface area contributed by atoms with Gasteiger partial charge >= 0.3 is 6.01 Å². The molecule has 1 aromatic rings. The third kappa shape index (κ3) is 5.12. The molecule has 0 amide bonds. The van der Waals surface area contributed by atoms with Crippen LogP contribution in [0.15, 0.2) is 4.42 Å². The first-order chi connectivity index (χ1) is 8.30. The van der Waals surface area contributed by atoms with Crippen molar-refractivity contribution in [2.75, 3.05) is 39.2 Å². The molecule has 1 heterocycles. The fourth-order valence-electron chi connectivity index (χ4n) is 1.23. The van der Waals surface area contributed by atoms with Crippen molar-refractivity contribution in [3.05, 3.63) is 5.89 Å². The third-order valence-electron chi connectivity index (χ3n) is 2.16. The van der Waals surface area contributed by atoms with Crippen molar-refractivity contribution in [1.29, 1.82) is 0 Å². The second-order valence-electron chi connectivity index (χ2n) is 3.48. The summed E-state index contributed by atoms with van der Waals surface area (Å²) < 4.78 is 15.6. The summed E-state index contributed by atoms with van der Waals surface area (Å²) >= 11 is 0. The number of hydrogen-bond acceptors (Lipinski definition) is 7. The van der Waals surface area contributed by atoms with Gasteiger partial charge in [0.15, 0.2) is 0 Å². The Hall–Kier alpha value is -1.18. The number of aromatic nitrogens is 2. The molecule has 0 radical (unpaired) electrons. The van der Waals surface area contributed by atoms with Gasteiger partial charge in [-0.2, -0.15) is 0 Å². The van der Waals surface area contributed by atoms with Gasteiger partial charge in [0.25, 0.3) is 0 Å². The average Bonchev–Trinajstić information content (AvgIpc) is 2.80. The third-order valence-corrected chi connectivity index (χ3v) is 2.16. The van der Waals surface area contributed by atoms with E-state index in [4.69, 9.17) is 13.9 Å². The molecule has 1 aromatic heterocycles. The summed E-state index contributed by atoms with van der Waals surface area (Å²) in [5.41, 5.74) is 0. The smallest absolute Gasteiger partial charge is 0.315 e. The van der Waals surface area contributed by atoms with Crippen molar-refractivity contribution < 1.29 is 13.9 Å². The van der Waals surface area contributed by atoms with E-state index in [9.17, 15) is 0 Å². The van der Waals surface area contributed by atoms with Crippen molar-refractivity contribution in [3.8, 4) is 0 Å². The van der Waals surface area contributed by atoms with Crippen LogP contribution in [0.1, 0.15) is 12.8 Å². The molecule has 0 saturated heterocycles. The molecule has 2 N–H and O–H groups in total. The van der Waals surface area contributed by atoms with Crippen molar-refractivity contribution >= 4 is 6.01 Å². The van der Waals surface area contributed by atoms with Gasteiger partial charge in [-0.05, 0) is 6.54 Å². The molecular formula is C10H20N4O3. The van der Waals surface area contributed by atoms with Gasteiger partial charge in [-0.1, -0.05) is 12.0 Å². The molecule has 0 aliphatic rings. The highest BCUT2D eigenvalue weighted by atomic mass is 16.5. The van der Waals surface area contributed by atoms with Gasteiger partial charge in [0.1, 0.15) is 0 Å². The molecule has 0 fully saturated rings. The van der Waals surface area contributed by atoms with Crippen molar-refractivity contribution in [2.45, 2.75) is 19.6 Å². The maximum atomic E-state index is 5.37. The molecule has 1 atom stereocenters. The largest absolute Gasteiger partial charge is 0.407 e. The molecule has 0 bridgehead atoms. The monoisotopic (exact) mass is 244 g/mol. The van der Waals surface area contributed by atoms with Crippen LogP contribution in [0.25, 0.3) is 0 Å². The van der Waals surface area contributed by atoms with E-state index < -0.39 is 0 Å². The number of anilines is 1. The van der Waals surface area contributed by atoms with Crippen LogP contribution in [0.3, 0.4) is 0 Å². The molecule has 0 spiro atoms. The van der Waals surface area contributed by atoms with Crippen molar-refractivity contribution in [1.82, 2.24) is 15.5 Å². The predicted octanol–water partition coefficient (Wildman–Crippen LogP) is 0.252. The van der Waals surface area contributed by atoms with Gasteiger partial charge in [-0.3, -0.25) is 0 Å². The maximum absolute atomic E-state index is 5.37. The van der Waals surface area contributed by atoms with E-state index in [0.29, 0.717) is 31.6 Å². The van der Waals surface area contributed by atoms with E-state index in [1.54, 1.807) is 14.2 Å². The second kappa shape index (κ2) is 7.99. The molecule has 0 aromatic carbocycles. The molecule has 1 unspecified atom stereocenters. The first kappa shape index (κ1) is 13.9. The van der Waals surface area contributed by atoms with Crippen LogP contribution in [0, 0.1) is 0 Å². The zero-order valence-electron chi connectivity index (χ0n) is 10.5. The standard InChI is InChI=1S/C10H20N4O3/c1-4-11-6-9-13-14-10(17-9)12-5-8(16-3)7-15-2/h8,11H,4-7H2,1-3H3,(H,12,14). The van der Waals surface area contributed by atoms with Gasteiger partial charge < -0.3 is 24.5 Å². The Kier molecular flexibility index (Phi) is 6.53. The van der Waals surface area contributed by atoms with Crippen LogP contribution in [0.5, 0.6) is 0 Å². The second-order valence-corrected chi connectivity index (χ2v) is 3.48. The summed E-state index contributed by atoms with van der Waals surface area (Å²) in [6.07, 6.45) is -0.0379. The summed E-state index contributed by atoms with van der Waals surface area (Å²) in [5, 5.41) is 13.9. The van der Waals surface area contributed by atoms with Crippen LogP contribution < -0.4 is 10.6 Å². The fourth-order valence-corrected chi connectivity index (χ4v) is 1.23. The summed E-state index contributed by atoms with van der Waals surface area (Å²) in [7, 11) is 3.27. The van der Waals surface area contributed by atoms with Gasteiger partial charge in [0.2, 0.25) is 5.89 Å². The Balaban J connectivity index is 2.32. The van der Waals surface area contributed by atoms with E-state index >= 15 is 0 Å². The summed E-state index contributed by atoms with van der Waals surface area (Å²) in [5.74, 6) is 0.565. The zero-order chi connectivity index (χ0) is 12.5. The topological polar surface area (TPSA) is 81.4 Å². The van der Waals surface area contributed by atoms with Gasteiger partial charge in [0.05, 0.1) is 19.3 Å². The molecule has 0 aliphatic carbocycles. The zero-order valence-corrected chi connectivity index (χ0v) is 10.5. The maximum Gasteiger partial charge on any atom is 0.315 e. The lowest BCUT2D eigenvalue weighted by Crippen LogP contribution is -2.26. The summed E-state index contributed by atoms with van der Waals surface area (Å²) in [6.45, 7) is 4.54. The molecule has 0 aliphatic heterocycles. The lowest BCUT2D eigenvalue weighted by atomic mass is 10.4. The predicted molar refractivity (Wildman–Crippen MR) is 62.8 cm³/mol. The van der Waals surface area contributed by atoms with E-state index in [2.05, 4.69) is 20.8 Å². The van der Waals surface area contributed by atoms with Crippen LogP contribution in [0.2, 0.25) is 0 Å². The Morgan fingerprint density at radius 1 is 1.35 bits per heavy atom. The van der Waals surface area contributed by atoms with E-state index in [-0.39, 0.29) is 6.10 Å². The van der Waals surface area contributed by atoms with E-state index in [0.717, 1.165) is 6.54 Å². The van der Waals surface area contributed by atoms with E-state index in [1.165, 1.54) is 0 Å². The fraction of sp³-hybridized carbons (Fsp3) is 0.800. The van der Waals surface area contributed by atoms with Crippen molar-refractivity contribution in [2.24, 2.45) is 0 Å². The SMILES string of the molecule is CCNCc1nnc(NCC(COC)OC)o1. The molecule has 7 nitrogen and oxygen atoms in total. The number of nitrogens with zero attached hydrogens (tertiary/aromatic N) is 2. The van der Waals surface area contributed by atoms with Crippen molar-refractivity contribution in [3.63, 3.8) is 0 Å². The number of nitrogens with one attached hydrogen (secondary N) is 2. The van der Waals surface area contributed by atoms with Crippen LogP contribution in [-0.4, -0.2) is 50.2 Å². The van der Waals surface area contributed by atoms with E-state index in [1.807, 2.05) is 6.92 Å².